The molecule has 0 radical (unpaired) electrons. The highest BCUT2D eigenvalue weighted by atomic mass is 16.5. The van der Waals surface area contributed by atoms with Crippen LogP contribution in [0.1, 0.15) is 25.3 Å². The van der Waals surface area contributed by atoms with Crippen LogP contribution in [0.4, 0.5) is 0 Å². The summed E-state index contributed by atoms with van der Waals surface area (Å²) in [6.45, 7) is 3.55. The van der Waals surface area contributed by atoms with E-state index < -0.39 is 0 Å². The van der Waals surface area contributed by atoms with Gasteiger partial charge in [0.25, 0.3) is 0 Å². The SMILES string of the molecule is CC(N)Cc1ccc(OCC2CCCO2)cc1. The van der Waals surface area contributed by atoms with Gasteiger partial charge in [0.15, 0.2) is 0 Å². The van der Waals surface area contributed by atoms with E-state index in [1.54, 1.807) is 0 Å². The van der Waals surface area contributed by atoms with Crippen molar-refractivity contribution in [2.24, 2.45) is 5.73 Å². The lowest BCUT2D eigenvalue weighted by Gasteiger charge is -2.12. The monoisotopic (exact) mass is 235 g/mol. The molecule has 0 spiro atoms. The van der Waals surface area contributed by atoms with E-state index in [9.17, 15) is 0 Å². The topological polar surface area (TPSA) is 44.5 Å². The van der Waals surface area contributed by atoms with Crippen LogP contribution in [0.3, 0.4) is 0 Å². The summed E-state index contributed by atoms with van der Waals surface area (Å²) in [7, 11) is 0. The first-order valence-electron chi connectivity index (χ1n) is 6.33. The van der Waals surface area contributed by atoms with E-state index in [1.807, 2.05) is 19.1 Å². The third-order valence-electron chi connectivity index (χ3n) is 2.94. The van der Waals surface area contributed by atoms with Gasteiger partial charge < -0.3 is 15.2 Å². The molecule has 1 saturated heterocycles. The molecule has 17 heavy (non-hydrogen) atoms. The lowest BCUT2D eigenvalue weighted by molar-refractivity contribution is 0.0679. The maximum atomic E-state index is 5.76. The molecule has 94 valence electrons. The van der Waals surface area contributed by atoms with Gasteiger partial charge in [-0.1, -0.05) is 12.1 Å². The predicted molar refractivity (Wildman–Crippen MR) is 68.3 cm³/mol. The van der Waals surface area contributed by atoms with Gasteiger partial charge in [0.2, 0.25) is 0 Å². The smallest absolute Gasteiger partial charge is 0.119 e. The fraction of sp³-hybridized carbons (Fsp3) is 0.571. The second-order valence-corrected chi connectivity index (χ2v) is 4.77. The van der Waals surface area contributed by atoms with E-state index in [2.05, 4.69) is 12.1 Å². The summed E-state index contributed by atoms with van der Waals surface area (Å²) in [5.41, 5.74) is 7.01. The van der Waals surface area contributed by atoms with Crippen molar-refractivity contribution in [1.29, 1.82) is 0 Å². The molecule has 1 aromatic rings. The van der Waals surface area contributed by atoms with Crippen LogP contribution in [-0.2, 0) is 11.2 Å². The number of ether oxygens (including phenoxy) is 2. The van der Waals surface area contributed by atoms with Gasteiger partial charge in [-0.2, -0.15) is 0 Å². The average molecular weight is 235 g/mol. The van der Waals surface area contributed by atoms with Gasteiger partial charge in [-0.3, -0.25) is 0 Å². The molecule has 0 saturated carbocycles. The van der Waals surface area contributed by atoms with Crippen LogP contribution in [0.25, 0.3) is 0 Å². The normalized spacial score (nSPS) is 21.4. The molecular weight excluding hydrogens is 214 g/mol. The minimum absolute atomic E-state index is 0.202. The molecule has 1 aromatic carbocycles. The number of benzene rings is 1. The lowest BCUT2D eigenvalue weighted by Crippen LogP contribution is -2.18. The summed E-state index contributed by atoms with van der Waals surface area (Å²) in [5.74, 6) is 0.911. The lowest BCUT2D eigenvalue weighted by atomic mass is 10.1. The Labute approximate surface area is 103 Å². The summed E-state index contributed by atoms with van der Waals surface area (Å²) in [6, 6.07) is 8.37. The van der Waals surface area contributed by atoms with Crippen molar-refractivity contribution < 1.29 is 9.47 Å². The quantitative estimate of drug-likeness (QED) is 0.850. The minimum Gasteiger partial charge on any atom is -0.491 e. The largest absolute Gasteiger partial charge is 0.491 e. The standard InChI is InChI=1S/C14H21NO2/c1-11(15)9-12-4-6-13(7-5-12)17-10-14-3-2-8-16-14/h4-7,11,14H,2-3,8-10,15H2,1H3. The number of nitrogens with two attached hydrogens (primary N) is 1. The van der Waals surface area contributed by atoms with Crippen molar-refractivity contribution in [2.75, 3.05) is 13.2 Å². The zero-order valence-corrected chi connectivity index (χ0v) is 10.4. The number of rotatable bonds is 5. The summed E-state index contributed by atoms with van der Waals surface area (Å²) in [4.78, 5) is 0. The average Bonchev–Trinajstić information content (AvgIpc) is 2.80. The molecule has 1 fully saturated rings. The second-order valence-electron chi connectivity index (χ2n) is 4.77. The Bertz CT molecular complexity index is 329. The molecule has 2 unspecified atom stereocenters. The Morgan fingerprint density at radius 1 is 1.41 bits per heavy atom. The zero-order valence-electron chi connectivity index (χ0n) is 10.4. The van der Waals surface area contributed by atoms with E-state index >= 15 is 0 Å². The van der Waals surface area contributed by atoms with Crippen LogP contribution in [0.5, 0.6) is 5.75 Å². The first kappa shape index (κ1) is 12.4. The van der Waals surface area contributed by atoms with Crippen LogP contribution >= 0.6 is 0 Å². The van der Waals surface area contributed by atoms with E-state index in [4.69, 9.17) is 15.2 Å². The fourth-order valence-electron chi connectivity index (χ4n) is 2.06. The summed E-state index contributed by atoms with van der Waals surface area (Å²) in [6.07, 6.45) is 3.45. The Morgan fingerprint density at radius 3 is 2.76 bits per heavy atom. The molecule has 2 rings (SSSR count). The van der Waals surface area contributed by atoms with Crippen molar-refractivity contribution in [1.82, 2.24) is 0 Å². The van der Waals surface area contributed by atoms with Crippen molar-refractivity contribution in [3.8, 4) is 5.75 Å². The van der Waals surface area contributed by atoms with Gasteiger partial charge in [0.05, 0.1) is 6.10 Å². The zero-order chi connectivity index (χ0) is 12.1. The minimum atomic E-state index is 0.202. The van der Waals surface area contributed by atoms with E-state index in [1.165, 1.54) is 5.56 Å². The maximum absolute atomic E-state index is 5.76. The van der Waals surface area contributed by atoms with Gasteiger partial charge in [-0.25, -0.2) is 0 Å². The third kappa shape index (κ3) is 4.02. The molecule has 1 heterocycles. The number of hydrogen-bond acceptors (Lipinski definition) is 3. The number of hydrogen-bond donors (Lipinski definition) is 1. The highest BCUT2D eigenvalue weighted by Crippen LogP contribution is 2.17. The maximum Gasteiger partial charge on any atom is 0.119 e. The molecule has 0 aromatic heterocycles. The van der Waals surface area contributed by atoms with Crippen molar-refractivity contribution >= 4 is 0 Å². The van der Waals surface area contributed by atoms with Crippen LogP contribution in [0, 0.1) is 0 Å². The molecule has 1 aliphatic heterocycles. The van der Waals surface area contributed by atoms with E-state index in [0.717, 1.165) is 31.6 Å². The third-order valence-corrected chi connectivity index (χ3v) is 2.94. The van der Waals surface area contributed by atoms with Crippen LogP contribution in [0.2, 0.25) is 0 Å². The molecule has 1 aliphatic rings. The van der Waals surface area contributed by atoms with Gasteiger partial charge in [0.1, 0.15) is 12.4 Å². The first-order valence-corrected chi connectivity index (χ1v) is 6.33. The molecule has 0 bridgehead atoms. The summed E-state index contributed by atoms with van der Waals surface area (Å²) in [5, 5.41) is 0. The Balaban J connectivity index is 1.80. The predicted octanol–water partition coefficient (Wildman–Crippen LogP) is 2.13. The second kappa shape index (κ2) is 6.03. The molecule has 0 amide bonds. The summed E-state index contributed by atoms with van der Waals surface area (Å²) < 4.78 is 11.2. The van der Waals surface area contributed by atoms with Gasteiger partial charge in [-0.05, 0) is 43.9 Å². The van der Waals surface area contributed by atoms with Gasteiger partial charge >= 0.3 is 0 Å². The first-order chi connectivity index (χ1) is 8.24. The van der Waals surface area contributed by atoms with Crippen LogP contribution in [-0.4, -0.2) is 25.4 Å². The summed E-state index contributed by atoms with van der Waals surface area (Å²) >= 11 is 0. The molecule has 2 N–H and O–H groups in total. The Hall–Kier alpha value is -1.06. The molecule has 0 aliphatic carbocycles. The van der Waals surface area contributed by atoms with Crippen molar-refractivity contribution in [3.05, 3.63) is 29.8 Å². The Kier molecular flexibility index (Phi) is 4.40. The fourth-order valence-corrected chi connectivity index (χ4v) is 2.06. The highest BCUT2D eigenvalue weighted by molar-refractivity contribution is 5.27. The highest BCUT2D eigenvalue weighted by Gasteiger charge is 2.15. The van der Waals surface area contributed by atoms with E-state index in [-0.39, 0.29) is 12.1 Å². The Morgan fingerprint density at radius 2 is 2.18 bits per heavy atom. The molecular formula is C14H21NO2. The molecule has 2 atom stereocenters. The molecule has 3 heteroatoms. The van der Waals surface area contributed by atoms with Gasteiger partial charge in [-0.15, -0.1) is 0 Å². The molecule has 3 nitrogen and oxygen atoms in total. The van der Waals surface area contributed by atoms with Crippen molar-refractivity contribution in [2.45, 2.75) is 38.3 Å². The van der Waals surface area contributed by atoms with E-state index in [0.29, 0.717) is 6.61 Å². The van der Waals surface area contributed by atoms with Gasteiger partial charge in [0, 0.05) is 12.6 Å². The van der Waals surface area contributed by atoms with Crippen LogP contribution < -0.4 is 10.5 Å². The van der Waals surface area contributed by atoms with Crippen molar-refractivity contribution in [3.63, 3.8) is 0 Å². The van der Waals surface area contributed by atoms with Crippen LogP contribution in [0.15, 0.2) is 24.3 Å².